The molecule has 4 nitrogen and oxygen atoms in total. The van der Waals surface area contributed by atoms with Crippen molar-refractivity contribution in [2.45, 2.75) is 32.2 Å². The first-order chi connectivity index (χ1) is 8.90. The van der Waals surface area contributed by atoms with Crippen molar-refractivity contribution in [3.8, 4) is 5.75 Å². The van der Waals surface area contributed by atoms with Crippen LogP contribution in [0.2, 0.25) is 5.02 Å². The first-order valence-corrected chi connectivity index (χ1v) is 6.81. The van der Waals surface area contributed by atoms with Gasteiger partial charge < -0.3 is 15.8 Å². The maximum absolute atomic E-state index is 11.8. The maximum Gasteiger partial charge on any atom is 0.244 e. The molecule has 1 amide bonds. The van der Waals surface area contributed by atoms with Crippen molar-refractivity contribution in [3.63, 3.8) is 0 Å². The minimum atomic E-state index is -0.681. The van der Waals surface area contributed by atoms with Crippen molar-refractivity contribution in [1.82, 2.24) is 0 Å². The highest BCUT2D eigenvalue weighted by Gasteiger charge is 2.45. The molecule has 0 spiro atoms. The molecule has 1 aromatic rings. The van der Waals surface area contributed by atoms with Crippen molar-refractivity contribution in [1.29, 1.82) is 0 Å². The van der Waals surface area contributed by atoms with Gasteiger partial charge in [-0.1, -0.05) is 25.4 Å². The summed E-state index contributed by atoms with van der Waals surface area (Å²) in [5.74, 6) is 0.907. The fraction of sp³-hybridized carbons (Fsp3) is 0.500. The van der Waals surface area contributed by atoms with Crippen LogP contribution in [0.1, 0.15) is 26.7 Å². The summed E-state index contributed by atoms with van der Waals surface area (Å²) in [5.41, 5.74) is 5.78. The average Bonchev–Trinajstić information content (AvgIpc) is 3.07. The molecule has 0 aliphatic heterocycles. The number of rotatable bonds is 5. The average molecular weight is 319 g/mol. The van der Waals surface area contributed by atoms with E-state index in [1.807, 2.05) is 0 Å². The number of benzene rings is 1. The zero-order valence-corrected chi connectivity index (χ0v) is 13.2. The molecule has 0 atom stereocenters. The monoisotopic (exact) mass is 318 g/mol. The highest BCUT2D eigenvalue weighted by Crippen LogP contribution is 2.34. The summed E-state index contributed by atoms with van der Waals surface area (Å²) >= 11 is 6.12. The van der Waals surface area contributed by atoms with Crippen LogP contribution in [0.15, 0.2) is 18.2 Å². The number of carbonyl (C=O) groups excluding carboxylic acids is 1. The quantitative estimate of drug-likeness (QED) is 0.876. The van der Waals surface area contributed by atoms with Gasteiger partial charge in [0.1, 0.15) is 5.75 Å². The molecule has 1 fully saturated rings. The lowest BCUT2D eigenvalue weighted by Crippen LogP contribution is -2.37. The normalized spacial score (nSPS) is 15.4. The standard InChI is InChI=1S/C14H19ClN2O2.ClH/c1-9(2)8-19-12-4-3-10(7-11(12)15)17-13(18)14(16)5-6-14;/h3-4,7,9H,5-6,8,16H2,1-2H3,(H,17,18);1H. The molecule has 0 heterocycles. The SMILES string of the molecule is CC(C)COc1ccc(NC(=O)C2(N)CC2)cc1Cl.Cl. The first-order valence-electron chi connectivity index (χ1n) is 6.43. The van der Waals surface area contributed by atoms with Crippen LogP contribution in [0.4, 0.5) is 5.69 Å². The van der Waals surface area contributed by atoms with E-state index in [1.165, 1.54) is 0 Å². The lowest BCUT2D eigenvalue weighted by Gasteiger charge is -2.13. The van der Waals surface area contributed by atoms with Gasteiger partial charge in [0.2, 0.25) is 5.91 Å². The molecule has 0 saturated heterocycles. The molecule has 2 rings (SSSR count). The van der Waals surface area contributed by atoms with Gasteiger partial charge in [0.15, 0.2) is 0 Å². The molecule has 3 N–H and O–H groups in total. The third kappa shape index (κ3) is 4.27. The highest BCUT2D eigenvalue weighted by molar-refractivity contribution is 6.32. The second-order valence-electron chi connectivity index (χ2n) is 5.46. The number of nitrogens with two attached hydrogens (primary N) is 1. The van der Waals surface area contributed by atoms with Gasteiger partial charge in [-0.05, 0) is 37.0 Å². The second-order valence-corrected chi connectivity index (χ2v) is 5.87. The van der Waals surface area contributed by atoms with E-state index in [0.717, 1.165) is 12.8 Å². The summed E-state index contributed by atoms with van der Waals surface area (Å²) in [4.78, 5) is 11.8. The first kappa shape index (κ1) is 17.1. The van der Waals surface area contributed by atoms with Gasteiger partial charge >= 0.3 is 0 Å². The molecule has 112 valence electrons. The van der Waals surface area contributed by atoms with E-state index in [9.17, 15) is 4.79 Å². The van der Waals surface area contributed by atoms with E-state index in [-0.39, 0.29) is 18.3 Å². The minimum Gasteiger partial charge on any atom is -0.492 e. The third-order valence-electron chi connectivity index (χ3n) is 3.00. The van der Waals surface area contributed by atoms with Crippen molar-refractivity contribution in [2.24, 2.45) is 11.7 Å². The van der Waals surface area contributed by atoms with E-state index in [2.05, 4.69) is 19.2 Å². The molecule has 6 heteroatoms. The Kier molecular flexibility index (Phi) is 5.68. The second kappa shape index (κ2) is 6.66. The van der Waals surface area contributed by atoms with Crippen LogP contribution in [0.25, 0.3) is 0 Å². The molecule has 20 heavy (non-hydrogen) atoms. The van der Waals surface area contributed by atoms with E-state index in [4.69, 9.17) is 22.1 Å². The minimum absolute atomic E-state index is 0. The van der Waals surface area contributed by atoms with Crippen LogP contribution < -0.4 is 15.8 Å². The zero-order valence-electron chi connectivity index (χ0n) is 11.6. The fourth-order valence-electron chi connectivity index (χ4n) is 1.57. The highest BCUT2D eigenvalue weighted by atomic mass is 35.5. The van der Waals surface area contributed by atoms with Gasteiger partial charge in [-0.2, -0.15) is 0 Å². The molecule has 1 saturated carbocycles. The fourth-order valence-corrected chi connectivity index (χ4v) is 1.80. The van der Waals surface area contributed by atoms with Crippen LogP contribution in [0.3, 0.4) is 0 Å². The van der Waals surface area contributed by atoms with Gasteiger partial charge in [0.25, 0.3) is 0 Å². The summed E-state index contributed by atoms with van der Waals surface area (Å²) < 4.78 is 5.57. The Morgan fingerprint density at radius 3 is 2.65 bits per heavy atom. The maximum atomic E-state index is 11.8. The number of hydrogen-bond donors (Lipinski definition) is 2. The number of anilines is 1. The van der Waals surface area contributed by atoms with Gasteiger partial charge in [-0.15, -0.1) is 12.4 Å². The van der Waals surface area contributed by atoms with E-state index in [0.29, 0.717) is 29.0 Å². The Balaban J connectivity index is 0.00000200. The number of halogens is 2. The van der Waals surface area contributed by atoms with Gasteiger partial charge in [-0.25, -0.2) is 0 Å². The number of hydrogen-bond acceptors (Lipinski definition) is 3. The molecule has 1 aromatic carbocycles. The molecule has 1 aliphatic rings. The molecular weight excluding hydrogens is 299 g/mol. The largest absolute Gasteiger partial charge is 0.492 e. The predicted molar refractivity (Wildman–Crippen MR) is 83.8 cm³/mol. The third-order valence-corrected chi connectivity index (χ3v) is 3.30. The number of carbonyl (C=O) groups is 1. The summed E-state index contributed by atoms with van der Waals surface area (Å²) in [6.07, 6.45) is 1.48. The zero-order chi connectivity index (χ0) is 14.0. The summed E-state index contributed by atoms with van der Waals surface area (Å²) in [7, 11) is 0. The van der Waals surface area contributed by atoms with E-state index >= 15 is 0 Å². The smallest absolute Gasteiger partial charge is 0.244 e. The number of nitrogens with one attached hydrogen (secondary N) is 1. The van der Waals surface area contributed by atoms with Crippen LogP contribution in [-0.4, -0.2) is 18.1 Å². The summed E-state index contributed by atoms with van der Waals surface area (Å²) in [6.45, 7) is 4.75. The Morgan fingerprint density at radius 2 is 2.15 bits per heavy atom. The van der Waals surface area contributed by atoms with Crippen LogP contribution in [-0.2, 0) is 4.79 Å². The topological polar surface area (TPSA) is 64.3 Å². The molecule has 0 unspecified atom stereocenters. The lowest BCUT2D eigenvalue weighted by atomic mass is 10.2. The van der Waals surface area contributed by atoms with Crippen LogP contribution >= 0.6 is 24.0 Å². The van der Waals surface area contributed by atoms with Crippen LogP contribution in [0.5, 0.6) is 5.75 Å². The molecule has 0 radical (unpaired) electrons. The Bertz CT molecular complexity index is 488. The number of amides is 1. The van der Waals surface area contributed by atoms with Crippen molar-refractivity contribution >= 4 is 35.6 Å². The Morgan fingerprint density at radius 1 is 1.50 bits per heavy atom. The lowest BCUT2D eigenvalue weighted by molar-refractivity contribution is -0.118. The van der Waals surface area contributed by atoms with Crippen molar-refractivity contribution in [3.05, 3.63) is 23.2 Å². The number of ether oxygens (including phenoxy) is 1. The molecule has 0 bridgehead atoms. The van der Waals surface area contributed by atoms with Crippen molar-refractivity contribution < 1.29 is 9.53 Å². The van der Waals surface area contributed by atoms with Crippen molar-refractivity contribution in [2.75, 3.05) is 11.9 Å². The van der Waals surface area contributed by atoms with Crippen LogP contribution in [0, 0.1) is 5.92 Å². The molecule has 0 aromatic heterocycles. The predicted octanol–water partition coefficient (Wildman–Crippen LogP) is 3.23. The van der Waals surface area contributed by atoms with E-state index in [1.54, 1.807) is 18.2 Å². The molecule has 1 aliphatic carbocycles. The van der Waals surface area contributed by atoms with Gasteiger partial charge in [0, 0.05) is 5.69 Å². The summed E-state index contributed by atoms with van der Waals surface area (Å²) in [5, 5.41) is 3.26. The Labute approximate surface area is 130 Å². The summed E-state index contributed by atoms with van der Waals surface area (Å²) in [6, 6.07) is 5.21. The Hall–Kier alpha value is -0.970. The molecular formula is C14H20Cl2N2O2. The van der Waals surface area contributed by atoms with Gasteiger partial charge in [-0.3, -0.25) is 4.79 Å². The van der Waals surface area contributed by atoms with E-state index < -0.39 is 5.54 Å². The van der Waals surface area contributed by atoms with Gasteiger partial charge in [0.05, 0.1) is 17.2 Å².